The number of rotatable bonds is 3. The lowest BCUT2D eigenvalue weighted by Gasteiger charge is -2.28. The summed E-state index contributed by atoms with van der Waals surface area (Å²) in [6.45, 7) is 4.03. The van der Waals surface area contributed by atoms with Gasteiger partial charge < -0.3 is 10.6 Å². The van der Waals surface area contributed by atoms with Crippen molar-refractivity contribution in [2.75, 3.05) is 18.0 Å². The third-order valence-corrected chi connectivity index (χ3v) is 3.94. The maximum atomic E-state index is 11.2. The Bertz CT molecular complexity index is 641. The van der Waals surface area contributed by atoms with Crippen molar-refractivity contribution in [3.05, 3.63) is 35.7 Å². The van der Waals surface area contributed by atoms with Crippen molar-refractivity contribution in [2.24, 2.45) is 5.73 Å². The van der Waals surface area contributed by atoms with Gasteiger partial charge >= 0.3 is 0 Å². The van der Waals surface area contributed by atoms with Gasteiger partial charge in [-0.1, -0.05) is 5.21 Å². The fourth-order valence-corrected chi connectivity index (χ4v) is 2.76. The van der Waals surface area contributed by atoms with E-state index in [0.717, 1.165) is 18.8 Å². The molecule has 0 bridgehead atoms. The quantitative estimate of drug-likeness (QED) is 0.930. The molecule has 2 aromatic rings. The minimum absolute atomic E-state index is 0.218. The highest BCUT2D eigenvalue weighted by atomic mass is 16.1. The van der Waals surface area contributed by atoms with Crippen LogP contribution in [0.15, 0.2) is 24.3 Å². The van der Waals surface area contributed by atoms with Gasteiger partial charge in [-0.25, -0.2) is 4.68 Å². The monoisotopic (exact) mass is 285 g/mol. The molecule has 0 aliphatic carbocycles. The van der Waals surface area contributed by atoms with Crippen molar-refractivity contribution in [3.63, 3.8) is 0 Å². The van der Waals surface area contributed by atoms with Crippen molar-refractivity contribution >= 4 is 11.6 Å². The molecule has 0 radical (unpaired) electrons. The molecule has 6 heteroatoms. The SMILES string of the molecule is Cc1c(C(N)=O)nnn1-c1ccc(N2CCCCC2)cc1. The van der Waals surface area contributed by atoms with Crippen LogP contribution in [-0.4, -0.2) is 34.0 Å². The molecule has 3 rings (SSSR count). The molecule has 0 unspecified atom stereocenters. The summed E-state index contributed by atoms with van der Waals surface area (Å²) in [5.41, 5.74) is 8.26. The molecule has 1 aromatic carbocycles. The van der Waals surface area contributed by atoms with Gasteiger partial charge in [0, 0.05) is 18.8 Å². The number of carbonyl (C=O) groups is 1. The van der Waals surface area contributed by atoms with Crippen LogP contribution in [-0.2, 0) is 0 Å². The fourth-order valence-electron chi connectivity index (χ4n) is 2.76. The number of hydrogen-bond acceptors (Lipinski definition) is 4. The van der Waals surface area contributed by atoms with E-state index in [1.165, 1.54) is 24.9 Å². The summed E-state index contributed by atoms with van der Waals surface area (Å²) < 4.78 is 1.64. The largest absolute Gasteiger partial charge is 0.372 e. The number of amides is 1. The standard InChI is InChI=1S/C15H19N5O/c1-11-14(15(16)21)17-18-20(11)13-7-5-12(6-8-13)19-9-3-2-4-10-19/h5-8H,2-4,9-10H2,1H3,(H2,16,21). The van der Waals surface area contributed by atoms with Gasteiger partial charge in [0.05, 0.1) is 11.4 Å². The van der Waals surface area contributed by atoms with E-state index >= 15 is 0 Å². The van der Waals surface area contributed by atoms with E-state index in [1.54, 1.807) is 11.6 Å². The van der Waals surface area contributed by atoms with E-state index in [1.807, 2.05) is 12.1 Å². The second-order valence-electron chi connectivity index (χ2n) is 5.36. The van der Waals surface area contributed by atoms with Gasteiger partial charge in [-0.3, -0.25) is 4.79 Å². The number of carbonyl (C=O) groups excluding carboxylic acids is 1. The van der Waals surface area contributed by atoms with Crippen molar-refractivity contribution in [3.8, 4) is 5.69 Å². The van der Waals surface area contributed by atoms with E-state index in [9.17, 15) is 4.79 Å². The summed E-state index contributed by atoms with van der Waals surface area (Å²) in [7, 11) is 0. The van der Waals surface area contributed by atoms with Gasteiger partial charge in [-0.2, -0.15) is 0 Å². The first kappa shape index (κ1) is 13.6. The molecule has 1 amide bonds. The van der Waals surface area contributed by atoms with Crippen molar-refractivity contribution in [1.82, 2.24) is 15.0 Å². The Kier molecular flexibility index (Phi) is 3.60. The van der Waals surface area contributed by atoms with E-state index in [4.69, 9.17) is 5.73 Å². The Hall–Kier alpha value is -2.37. The summed E-state index contributed by atoms with van der Waals surface area (Å²) in [5.74, 6) is -0.552. The molecule has 1 aliphatic heterocycles. The Labute approximate surface area is 123 Å². The Balaban J connectivity index is 1.85. The number of hydrogen-bond donors (Lipinski definition) is 1. The summed E-state index contributed by atoms with van der Waals surface area (Å²) >= 11 is 0. The van der Waals surface area contributed by atoms with Crippen LogP contribution >= 0.6 is 0 Å². The molecule has 0 saturated carbocycles. The highest BCUT2D eigenvalue weighted by Gasteiger charge is 2.15. The third-order valence-electron chi connectivity index (χ3n) is 3.94. The molecule has 1 aromatic heterocycles. The number of nitrogens with two attached hydrogens (primary N) is 1. The van der Waals surface area contributed by atoms with Gasteiger partial charge in [0.2, 0.25) is 0 Å². The zero-order valence-corrected chi connectivity index (χ0v) is 12.1. The zero-order valence-electron chi connectivity index (χ0n) is 12.1. The lowest BCUT2D eigenvalue weighted by molar-refractivity contribution is 0.0995. The Morgan fingerprint density at radius 3 is 2.29 bits per heavy atom. The van der Waals surface area contributed by atoms with Crippen LogP contribution in [0.1, 0.15) is 35.4 Å². The first-order valence-electron chi connectivity index (χ1n) is 7.24. The number of benzene rings is 1. The molecule has 0 spiro atoms. The topological polar surface area (TPSA) is 77.0 Å². The maximum absolute atomic E-state index is 11.2. The zero-order chi connectivity index (χ0) is 14.8. The first-order valence-corrected chi connectivity index (χ1v) is 7.24. The second-order valence-corrected chi connectivity index (χ2v) is 5.36. The predicted octanol–water partition coefficient (Wildman–Crippen LogP) is 1.66. The van der Waals surface area contributed by atoms with Gasteiger partial charge in [0.1, 0.15) is 0 Å². The van der Waals surface area contributed by atoms with Crippen LogP contribution in [0.3, 0.4) is 0 Å². The molecule has 1 fully saturated rings. The first-order chi connectivity index (χ1) is 10.2. The summed E-state index contributed by atoms with van der Waals surface area (Å²) in [4.78, 5) is 13.6. The lowest BCUT2D eigenvalue weighted by Crippen LogP contribution is -2.29. The molecule has 21 heavy (non-hydrogen) atoms. The number of primary amides is 1. The van der Waals surface area contributed by atoms with Gasteiger partial charge in [0.15, 0.2) is 5.69 Å². The normalized spacial score (nSPS) is 15.2. The number of aromatic nitrogens is 3. The third kappa shape index (κ3) is 2.61. The van der Waals surface area contributed by atoms with Crippen LogP contribution in [0.5, 0.6) is 0 Å². The smallest absolute Gasteiger partial charge is 0.271 e. The van der Waals surface area contributed by atoms with Crippen molar-refractivity contribution < 1.29 is 4.79 Å². The van der Waals surface area contributed by atoms with E-state index in [2.05, 4.69) is 27.3 Å². The maximum Gasteiger partial charge on any atom is 0.271 e. The number of piperidine rings is 1. The minimum atomic E-state index is -0.552. The van der Waals surface area contributed by atoms with Crippen LogP contribution in [0.25, 0.3) is 5.69 Å². The second kappa shape index (κ2) is 5.55. The predicted molar refractivity (Wildman–Crippen MR) is 80.7 cm³/mol. The molecule has 1 aliphatic rings. The highest BCUT2D eigenvalue weighted by molar-refractivity contribution is 5.91. The molecular weight excluding hydrogens is 266 g/mol. The molecule has 1 saturated heterocycles. The Morgan fingerprint density at radius 1 is 1.10 bits per heavy atom. The van der Waals surface area contributed by atoms with E-state index in [0.29, 0.717) is 5.69 Å². The van der Waals surface area contributed by atoms with Crippen LogP contribution in [0.4, 0.5) is 5.69 Å². The molecule has 2 heterocycles. The number of nitrogens with zero attached hydrogens (tertiary/aromatic N) is 4. The number of anilines is 1. The molecule has 2 N–H and O–H groups in total. The summed E-state index contributed by atoms with van der Waals surface area (Å²) in [6, 6.07) is 8.17. The lowest BCUT2D eigenvalue weighted by atomic mass is 10.1. The van der Waals surface area contributed by atoms with E-state index in [-0.39, 0.29) is 5.69 Å². The molecule has 0 atom stereocenters. The van der Waals surface area contributed by atoms with Crippen molar-refractivity contribution in [2.45, 2.75) is 26.2 Å². The van der Waals surface area contributed by atoms with Crippen LogP contribution in [0.2, 0.25) is 0 Å². The molecular formula is C15H19N5O. The average molecular weight is 285 g/mol. The van der Waals surface area contributed by atoms with Gasteiger partial charge in [-0.15, -0.1) is 5.10 Å². The van der Waals surface area contributed by atoms with Crippen molar-refractivity contribution in [1.29, 1.82) is 0 Å². The van der Waals surface area contributed by atoms with Crippen LogP contribution < -0.4 is 10.6 Å². The van der Waals surface area contributed by atoms with Gasteiger partial charge in [-0.05, 0) is 50.5 Å². The fraction of sp³-hybridized carbons (Fsp3) is 0.400. The summed E-state index contributed by atoms with van der Waals surface area (Å²) in [6.07, 6.45) is 3.83. The Morgan fingerprint density at radius 2 is 1.71 bits per heavy atom. The average Bonchev–Trinajstić information content (AvgIpc) is 2.90. The highest BCUT2D eigenvalue weighted by Crippen LogP contribution is 2.22. The van der Waals surface area contributed by atoms with E-state index < -0.39 is 5.91 Å². The van der Waals surface area contributed by atoms with Gasteiger partial charge in [0.25, 0.3) is 5.91 Å². The summed E-state index contributed by atoms with van der Waals surface area (Å²) in [5, 5.41) is 7.83. The molecule has 6 nitrogen and oxygen atoms in total. The van der Waals surface area contributed by atoms with Crippen LogP contribution in [0, 0.1) is 6.92 Å². The minimum Gasteiger partial charge on any atom is -0.372 e. The molecule has 110 valence electrons.